The van der Waals surface area contributed by atoms with Crippen LogP contribution in [-0.2, 0) is 6.18 Å². The van der Waals surface area contributed by atoms with Crippen LogP contribution in [0.4, 0.5) is 22.0 Å². The summed E-state index contributed by atoms with van der Waals surface area (Å²) in [6.45, 7) is -0.280. The van der Waals surface area contributed by atoms with Crippen LogP contribution in [0, 0.1) is 0 Å². The number of halogens is 5. The monoisotopic (exact) mass is 391 g/mol. The van der Waals surface area contributed by atoms with Crippen molar-refractivity contribution in [3.05, 3.63) is 65.2 Å². The van der Waals surface area contributed by atoms with E-state index in [0.717, 1.165) is 24.3 Å². The van der Waals surface area contributed by atoms with E-state index in [2.05, 4.69) is 5.32 Å². The van der Waals surface area contributed by atoms with Gasteiger partial charge in [0.05, 0.1) is 17.2 Å². The minimum Gasteiger partial charge on any atom is -0.387 e. The van der Waals surface area contributed by atoms with Gasteiger partial charge in [0.1, 0.15) is 0 Å². The lowest BCUT2D eigenvalue weighted by molar-refractivity contribution is -0.137. The fourth-order valence-electron chi connectivity index (χ4n) is 2.15. The number of aliphatic hydroxyl groups excluding tert-OH is 1. The summed E-state index contributed by atoms with van der Waals surface area (Å²) >= 11 is 0.225. The van der Waals surface area contributed by atoms with Crippen LogP contribution in [0.2, 0.25) is 0 Å². The Morgan fingerprint density at radius 3 is 2.27 bits per heavy atom. The van der Waals surface area contributed by atoms with Gasteiger partial charge in [0, 0.05) is 11.4 Å². The van der Waals surface area contributed by atoms with Crippen molar-refractivity contribution in [3.63, 3.8) is 0 Å². The van der Waals surface area contributed by atoms with E-state index in [1.165, 1.54) is 24.3 Å². The van der Waals surface area contributed by atoms with Crippen LogP contribution in [-0.4, -0.2) is 23.3 Å². The van der Waals surface area contributed by atoms with Crippen molar-refractivity contribution in [2.75, 3.05) is 6.54 Å². The molecule has 0 aliphatic rings. The summed E-state index contributed by atoms with van der Waals surface area (Å²) in [7, 11) is 0. The Hall–Kier alpha value is -2.13. The zero-order valence-corrected chi connectivity index (χ0v) is 14.0. The lowest BCUT2D eigenvalue weighted by Gasteiger charge is -2.14. The number of benzene rings is 2. The van der Waals surface area contributed by atoms with Crippen LogP contribution in [0.15, 0.2) is 53.4 Å². The highest BCUT2D eigenvalue weighted by molar-refractivity contribution is 7.99. The minimum atomic E-state index is -4.48. The zero-order valence-electron chi connectivity index (χ0n) is 13.1. The van der Waals surface area contributed by atoms with E-state index >= 15 is 0 Å². The molecule has 2 N–H and O–H groups in total. The number of carbonyl (C=O) groups is 1. The van der Waals surface area contributed by atoms with Crippen LogP contribution in [0.25, 0.3) is 0 Å². The molecule has 140 valence electrons. The predicted molar refractivity (Wildman–Crippen MR) is 87.0 cm³/mol. The largest absolute Gasteiger partial charge is 0.416 e. The van der Waals surface area contributed by atoms with Gasteiger partial charge in [-0.2, -0.15) is 22.0 Å². The van der Waals surface area contributed by atoms with Crippen LogP contribution >= 0.6 is 11.8 Å². The topological polar surface area (TPSA) is 49.3 Å². The fourth-order valence-corrected chi connectivity index (χ4v) is 2.79. The molecule has 1 amide bonds. The summed E-state index contributed by atoms with van der Waals surface area (Å²) in [5, 5.41) is 12.4. The highest BCUT2D eigenvalue weighted by Gasteiger charge is 2.30. The van der Waals surface area contributed by atoms with Gasteiger partial charge >= 0.3 is 6.18 Å². The molecule has 3 nitrogen and oxygen atoms in total. The first-order valence-electron chi connectivity index (χ1n) is 7.35. The molecule has 0 aliphatic heterocycles. The van der Waals surface area contributed by atoms with Gasteiger partial charge in [0.15, 0.2) is 0 Å². The lowest BCUT2D eigenvalue weighted by atomic mass is 10.1. The van der Waals surface area contributed by atoms with Crippen LogP contribution < -0.4 is 5.32 Å². The van der Waals surface area contributed by atoms with Crippen molar-refractivity contribution in [2.45, 2.75) is 22.9 Å². The maximum Gasteiger partial charge on any atom is 0.416 e. The Kier molecular flexibility index (Phi) is 6.60. The molecule has 0 fully saturated rings. The molecular weight excluding hydrogens is 377 g/mol. The lowest BCUT2D eigenvalue weighted by Crippen LogP contribution is -2.28. The Morgan fingerprint density at radius 1 is 1.08 bits per heavy atom. The second kappa shape index (κ2) is 8.50. The third kappa shape index (κ3) is 5.43. The van der Waals surface area contributed by atoms with E-state index in [-0.39, 0.29) is 34.3 Å². The SMILES string of the molecule is O=C(NC[C@H](O)c1ccc(C(F)(F)F)cc1)c1ccccc1SC(F)F. The molecule has 2 aromatic carbocycles. The van der Waals surface area contributed by atoms with Crippen LogP contribution in [0.3, 0.4) is 0 Å². The second-order valence-corrected chi connectivity index (χ2v) is 6.25. The highest BCUT2D eigenvalue weighted by atomic mass is 32.2. The summed E-state index contributed by atoms with van der Waals surface area (Å²) in [5.41, 5.74) is -0.638. The van der Waals surface area contributed by atoms with Gasteiger partial charge in [0.25, 0.3) is 11.7 Å². The maximum atomic E-state index is 12.5. The van der Waals surface area contributed by atoms with E-state index in [0.29, 0.717) is 0 Å². The molecule has 2 aromatic rings. The summed E-state index contributed by atoms with van der Waals surface area (Å²) in [4.78, 5) is 12.2. The number of thioether (sulfide) groups is 1. The smallest absolute Gasteiger partial charge is 0.387 e. The van der Waals surface area contributed by atoms with Gasteiger partial charge in [0.2, 0.25) is 0 Å². The Balaban J connectivity index is 2.01. The van der Waals surface area contributed by atoms with Crippen molar-refractivity contribution in [3.8, 4) is 0 Å². The molecule has 0 spiro atoms. The first kappa shape index (κ1) is 20.2. The van der Waals surface area contributed by atoms with E-state index in [9.17, 15) is 31.9 Å². The number of amides is 1. The standard InChI is InChI=1S/C17H14F5NO2S/c18-16(19)26-14-4-2-1-3-12(14)15(25)23-9-13(24)10-5-7-11(8-6-10)17(20,21)22/h1-8,13,16,24H,9H2,(H,23,25)/t13-/m0/s1. The number of aliphatic hydroxyl groups is 1. The Bertz CT molecular complexity index is 750. The van der Waals surface area contributed by atoms with Gasteiger partial charge in [-0.3, -0.25) is 4.79 Å². The molecule has 26 heavy (non-hydrogen) atoms. The Labute approximate surface area is 150 Å². The van der Waals surface area contributed by atoms with Gasteiger partial charge in [-0.15, -0.1) is 0 Å². The van der Waals surface area contributed by atoms with Crippen molar-refractivity contribution in [1.29, 1.82) is 0 Å². The van der Waals surface area contributed by atoms with E-state index in [1.54, 1.807) is 0 Å². The van der Waals surface area contributed by atoms with Gasteiger partial charge in [-0.25, -0.2) is 0 Å². The quantitative estimate of drug-likeness (QED) is 0.564. The minimum absolute atomic E-state index is 0.0254. The first-order chi connectivity index (χ1) is 12.2. The highest BCUT2D eigenvalue weighted by Crippen LogP contribution is 2.30. The summed E-state index contributed by atoms with van der Waals surface area (Å²) in [6, 6.07) is 9.64. The average Bonchev–Trinajstić information content (AvgIpc) is 2.58. The second-order valence-electron chi connectivity index (χ2n) is 5.22. The molecule has 9 heteroatoms. The third-order valence-electron chi connectivity index (χ3n) is 3.43. The number of hydrogen-bond acceptors (Lipinski definition) is 3. The predicted octanol–water partition coefficient (Wildman–Crippen LogP) is 4.48. The fraction of sp³-hybridized carbons (Fsp3) is 0.235. The van der Waals surface area contributed by atoms with Crippen molar-refractivity contribution >= 4 is 17.7 Å². The number of carbonyl (C=O) groups excluding carboxylic acids is 1. The summed E-state index contributed by atoms with van der Waals surface area (Å²) < 4.78 is 62.6. The molecule has 0 heterocycles. The number of hydrogen-bond donors (Lipinski definition) is 2. The van der Waals surface area contributed by atoms with Gasteiger partial charge < -0.3 is 10.4 Å². The van der Waals surface area contributed by atoms with Crippen molar-refractivity contribution < 1.29 is 31.9 Å². The molecule has 2 rings (SSSR count). The van der Waals surface area contributed by atoms with Crippen molar-refractivity contribution in [1.82, 2.24) is 5.32 Å². The molecule has 0 saturated heterocycles. The van der Waals surface area contributed by atoms with Gasteiger partial charge in [-0.05, 0) is 29.8 Å². The van der Waals surface area contributed by atoms with Crippen LogP contribution in [0.5, 0.6) is 0 Å². The molecule has 1 atom stereocenters. The van der Waals surface area contributed by atoms with E-state index in [1.807, 2.05) is 0 Å². The first-order valence-corrected chi connectivity index (χ1v) is 8.23. The van der Waals surface area contributed by atoms with E-state index < -0.39 is 29.5 Å². The molecule has 0 unspecified atom stereocenters. The van der Waals surface area contributed by atoms with Crippen molar-refractivity contribution in [2.24, 2.45) is 0 Å². The number of nitrogens with one attached hydrogen (secondary N) is 1. The Morgan fingerprint density at radius 2 is 1.69 bits per heavy atom. The zero-order chi connectivity index (χ0) is 19.3. The average molecular weight is 391 g/mol. The van der Waals surface area contributed by atoms with Gasteiger partial charge in [-0.1, -0.05) is 36.0 Å². The molecule has 0 saturated carbocycles. The molecule has 0 aliphatic carbocycles. The molecular formula is C17H14F5NO2S. The number of rotatable bonds is 6. The molecule has 0 aromatic heterocycles. The summed E-state index contributed by atoms with van der Waals surface area (Å²) in [6.07, 6.45) is -5.72. The normalized spacial score (nSPS) is 12.9. The third-order valence-corrected chi connectivity index (χ3v) is 4.21. The van der Waals surface area contributed by atoms with Crippen LogP contribution in [0.1, 0.15) is 27.6 Å². The molecule has 0 bridgehead atoms. The summed E-state index contributed by atoms with van der Waals surface area (Å²) in [5.74, 6) is -3.36. The maximum absolute atomic E-state index is 12.5. The molecule has 0 radical (unpaired) electrons. The number of alkyl halides is 5. The van der Waals surface area contributed by atoms with E-state index in [4.69, 9.17) is 0 Å².